The van der Waals surface area contributed by atoms with E-state index >= 15 is 0 Å². The Bertz CT molecular complexity index is 1210. The molecule has 0 radical (unpaired) electrons. The summed E-state index contributed by atoms with van der Waals surface area (Å²) in [5.74, 6) is 0.634. The summed E-state index contributed by atoms with van der Waals surface area (Å²) in [6.45, 7) is 7.58. The SMILES string of the molecule is CCC(CC(C)C)N1CCC(N)(c2ccc(CCc3cc(COC)nc4ccccc34)cc2)C1=O.O=CO. The average molecular weight is 520 g/mol. The number of aromatic nitrogens is 1. The van der Waals surface area contributed by atoms with Gasteiger partial charge in [-0.2, -0.15) is 0 Å². The molecule has 1 aliphatic heterocycles. The first-order valence-electron chi connectivity index (χ1n) is 13.4. The van der Waals surface area contributed by atoms with Crippen LogP contribution in [0.25, 0.3) is 10.9 Å². The van der Waals surface area contributed by atoms with Gasteiger partial charge in [0.2, 0.25) is 5.91 Å². The van der Waals surface area contributed by atoms with E-state index in [1.54, 1.807) is 7.11 Å². The molecule has 0 bridgehead atoms. The quantitative estimate of drug-likeness (QED) is 0.362. The second kappa shape index (κ2) is 13.5. The largest absolute Gasteiger partial charge is 0.483 e. The van der Waals surface area contributed by atoms with Crippen molar-refractivity contribution in [2.24, 2.45) is 11.7 Å². The molecule has 0 aliphatic carbocycles. The minimum atomic E-state index is -0.917. The Hall–Kier alpha value is -3.29. The summed E-state index contributed by atoms with van der Waals surface area (Å²) >= 11 is 0. The van der Waals surface area contributed by atoms with Gasteiger partial charge in [0.15, 0.2) is 0 Å². The lowest BCUT2D eigenvalue weighted by Crippen LogP contribution is -2.48. The van der Waals surface area contributed by atoms with Gasteiger partial charge in [0.1, 0.15) is 5.54 Å². The first-order valence-corrected chi connectivity index (χ1v) is 13.4. The van der Waals surface area contributed by atoms with E-state index in [0.717, 1.165) is 49.0 Å². The van der Waals surface area contributed by atoms with Crippen LogP contribution in [0, 0.1) is 5.92 Å². The molecule has 38 heavy (non-hydrogen) atoms. The molecule has 1 aliphatic rings. The zero-order chi connectivity index (χ0) is 27.7. The number of amides is 1. The average Bonchev–Trinajstić information content (AvgIpc) is 3.21. The van der Waals surface area contributed by atoms with Crippen molar-refractivity contribution in [3.8, 4) is 0 Å². The maximum absolute atomic E-state index is 13.4. The summed E-state index contributed by atoms with van der Waals surface area (Å²) < 4.78 is 5.32. The topological polar surface area (TPSA) is 106 Å². The summed E-state index contributed by atoms with van der Waals surface area (Å²) in [6, 6.07) is 19.1. The normalized spacial score (nSPS) is 17.9. The highest BCUT2D eigenvalue weighted by atomic mass is 16.5. The van der Waals surface area contributed by atoms with Gasteiger partial charge in [0.05, 0.1) is 17.8 Å². The summed E-state index contributed by atoms with van der Waals surface area (Å²) in [6.07, 6.45) is 4.48. The Morgan fingerprint density at radius 2 is 1.84 bits per heavy atom. The number of carbonyl (C=O) groups is 2. The molecule has 1 fully saturated rings. The summed E-state index contributed by atoms with van der Waals surface area (Å²) in [4.78, 5) is 28.5. The molecule has 4 rings (SSSR count). The van der Waals surface area contributed by atoms with Crippen LogP contribution in [0.4, 0.5) is 0 Å². The molecule has 0 saturated carbocycles. The summed E-state index contributed by atoms with van der Waals surface area (Å²) in [7, 11) is 1.70. The van der Waals surface area contributed by atoms with Gasteiger partial charge in [-0.3, -0.25) is 14.6 Å². The second-order valence-corrected chi connectivity index (χ2v) is 10.4. The summed E-state index contributed by atoms with van der Waals surface area (Å²) in [5, 5.41) is 8.08. The number of likely N-dealkylation sites (tertiary alicyclic amines) is 1. The van der Waals surface area contributed by atoms with Gasteiger partial charge in [-0.05, 0) is 66.8 Å². The van der Waals surface area contributed by atoms with Crippen LogP contribution < -0.4 is 5.73 Å². The molecule has 3 N–H and O–H groups in total. The third-order valence-electron chi connectivity index (χ3n) is 7.34. The highest BCUT2D eigenvalue weighted by molar-refractivity contribution is 5.90. The van der Waals surface area contributed by atoms with Crippen molar-refractivity contribution in [3.05, 3.63) is 77.0 Å². The Labute approximate surface area is 226 Å². The number of nitrogens with two attached hydrogens (primary N) is 1. The van der Waals surface area contributed by atoms with Crippen molar-refractivity contribution >= 4 is 23.3 Å². The molecule has 1 saturated heterocycles. The molecule has 7 heteroatoms. The van der Waals surface area contributed by atoms with Crippen molar-refractivity contribution in [2.45, 2.75) is 71.1 Å². The van der Waals surface area contributed by atoms with Crippen LogP contribution in [0.15, 0.2) is 54.6 Å². The van der Waals surface area contributed by atoms with E-state index in [2.05, 4.69) is 69.3 Å². The molecule has 7 nitrogen and oxygen atoms in total. The highest BCUT2D eigenvalue weighted by Crippen LogP contribution is 2.34. The Morgan fingerprint density at radius 1 is 1.16 bits per heavy atom. The molecule has 2 heterocycles. The first kappa shape index (κ1) is 29.3. The fraction of sp³-hybridized carbons (Fsp3) is 0.452. The predicted molar refractivity (Wildman–Crippen MR) is 151 cm³/mol. The molecule has 3 aromatic rings. The van der Waals surface area contributed by atoms with Crippen LogP contribution in [-0.2, 0) is 39.3 Å². The number of benzene rings is 2. The van der Waals surface area contributed by atoms with Crippen molar-refractivity contribution in [3.63, 3.8) is 0 Å². The lowest BCUT2D eigenvalue weighted by atomic mass is 9.88. The van der Waals surface area contributed by atoms with Crippen LogP contribution >= 0.6 is 0 Å². The fourth-order valence-corrected chi connectivity index (χ4v) is 5.42. The maximum atomic E-state index is 13.4. The van der Waals surface area contributed by atoms with E-state index < -0.39 is 5.54 Å². The number of nitrogens with zero attached hydrogens (tertiary/aromatic N) is 2. The zero-order valence-corrected chi connectivity index (χ0v) is 23.0. The number of rotatable bonds is 10. The number of carbonyl (C=O) groups excluding carboxylic acids is 1. The number of aryl methyl sites for hydroxylation is 2. The second-order valence-electron chi connectivity index (χ2n) is 10.4. The molecule has 204 valence electrons. The van der Waals surface area contributed by atoms with Gasteiger partial charge in [0, 0.05) is 25.1 Å². The lowest BCUT2D eigenvalue weighted by molar-refractivity contribution is -0.134. The minimum Gasteiger partial charge on any atom is -0.483 e. The van der Waals surface area contributed by atoms with Crippen LogP contribution in [0.2, 0.25) is 0 Å². The van der Waals surface area contributed by atoms with Gasteiger partial charge in [-0.25, -0.2) is 0 Å². The minimum absolute atomic E-state index is 0.0756. The molecular weight excluding hydrogens is 478 g/mol. The smallest absolute Gasteiger partial charge is 0.290 e. The van der Waals surface area contributed by atoms with Crippen molar-refractivity contribution in [1.29, 1.82) is 0 Å². The van der Waals surface area contributed by atoms with Gasteiger partial charge in [0.25, 0.3) is 6.47 Å². The number of carboxylic acid groups (broad SMARTS) is 1. The van der Waals surface area contributed by atoms with Crippen LogP contribution in [0.1, 0.15) is 62.4 Å². The van der Waals surface area contributed by atoms with Crippen LogP contribution in [-0.4, -0.2) is 47.1 Å². The molecule has 0 spiro atoms. The van der Waals surface area contributed by atoms with Gasteiger partial charge >= 0.3 is 0 Å². The van der Waals surface area contributed by atoms with E-state index in [9.17, 15) is 4.79 Å². The third kappa shape index (κ3) is 6.77. The predicted octanol–water partition coefficient (Wildman–Crippen LogP) is 5.08. The Morgan fingerprint density at radius 3 is 2.47 bits per heavy atom. The van der Waals surface area contributed by atoms with Gasteiger partial charge in [-0.1, -0.05) is 63.2 Å². The molecule has 1 aromatic heterocycles. The molecule has 2 aromatic carbocycles. The molecule has 2 unspecified atom stereocenters. The summed E-state index contributed by atoms with van der Waals surface area (Å²) in [5.41, 5.74) is 11.2. The Balaban J connectivity index is 0.00000127. The molecule has 1 amide bonds. The highest BCUT2D eigenvalue weighted by Gasteiger charge is 2.46. The van der Waals surface area contributed by atoms with Crippen molar-refractivity contribution in [1.82, 2.24) is 9.88 Å². The van der Waals surface area contributed by atoms with Crippen molar-refractivity contribution in [2.75, 3.05) is 13.7 Å². The van der Waals surface area contributed by atoms with Gasteiger partial charge in [-0.15, -0.1) is 0 Å². The standard InChI is InChI=1S/C30H39N3O2.CH2O2/c1-5-26(18-21(2)3)33-17-16-30(31,29(33)34)24-14-11-22(12-15-24)10-13-23-19-25(20-35-4)32-28-9-7-6-8-27(23)28;2-1-3/h6-9,11-12,14-15,19,21,26H,5,10,13,16-18,20,31H2,1-4H3;1H,(H,2,3). The van der Waals surface area contributed by atoms with Crippen LogP contribution in [0.3, 0.4) is 0 Å². The molecular formula is C31H41N3O4. The van der Waals surface area contributed by atoms with Gasteiger partial charge < -0.3 is 20.5 Å². The number of pyridine rings is 1. The Kier molecular flexibility index (Phi) is 10.4. The lowest BCUT2D eigenvalue weighted by Gasteiger charge is -2.31. The number of methoxy groups -OCH3 is 1. The fourth-order valence-electron chi connectivity index (χ4n) is 5.42. The van der Waals surface area contributed by atoms with E-state index in [1.807, 2.05) is 11.0 Å². The number of hydrogen-bond acceptors (Lipinski definition) is 5. The van der Waals surface area contributed by atoms with E-state index in [4.69, 9.17) is 25.4 Å². The number of para-hydroxylation sites is 1. The van der Waals surface area contributed by atoms with E-state index in [-0.39, 0.29) is 18.4 Å². The number of fused-ring (bicyclic) bond motifs is 1. The van der Waals surface area contributed by atoms with Crippen LogP contribution in [0.5, 0.6) is 0 Å². The monoisotopic (exact) mass is 519 g/mol. The van der Waals surface area contributed by atoms with Crippen molar-refractivity contribution < 1.29 is 19.4 Å². The van der Waals surface area contributed by atoms with E-state index in [0.29, 0.717) is 18.9 Å². The first-order chi connectivity index (χ1) is 18.3. The number of ether oxygens (including phenoxy) is 1. The maximum Gasteiger partial charge on any atom is 0.290 e. The zero-order valence-electron chi connectivity index (χ0n) is 23.0. The third-order valence-corrected chi connectivity index (χ3v) is 7.34. The van der Waals surface area contributed by atoms with E-state index in [1.165, 1.54) is 16.5 Å². The number of hydrogen-bond donors (Lipinski definition) is 2. The molecule has 2 atom stereocenters.